The van der Waals surface area contributed by atoms with Crippen molar-refractivity contribution in [2.45, 2.75) is 46.8 Å². The second-order valence-corrected chi connectivity index (χ2v) is 11.6. The van der Waals surface area contributed by atoms with Crippen molar-refractivity contribution in [2.24, 2.45) is 4.99 Å². The molecule has 0 spiro atoms. The van der Waals surface area contributed by atoms with Crippen LogP contribution in [0.2, 0.25) is 10.0 Å². The topological polar surface area (TPSA) is 65.6 Å². The number of carbonyl (C=O) groups is 1. The number of fused-ring (bicyclic) bond motifs is 1. The van der Waals surface area contributed by atoms with Crippen molar-refractivity contribution in [1.82, 2.24) is 9.13 Å². The lowest BCUT2D eigenvalue weighted by Crippen LogP contribution is -2.40. The largest absolute Gasteiger partial charge is 0.459 e. The molecule has 3 heterocycles. The van der Waals surface area contributed by atoms with Crippen LogP contribution in [-0.2, 0) is 9.53 Å². The highest BCUT2D eigenvalue weighted by atomic mass is 35.5. The summed E-state index contributed by atoms with van der Waals surface area (Å²) in [4.78, 5) is 32.4. The van der Waals surface area contributed by atoms with Crippen LogP contribution in [0.25, 0.3) is 11.8 Å². The molecular weight excluding hydrogens is 553 g/mol. The predicted molar refractivity (Wildman–Crippen MR) is 157 cm³/mol. The Balaban J connectivity index is 1.69. The summed E-state index contributed by atoms with van der Waals surface area (Å²) in [5.74, 6) is -0.495. The maximum atomic E-state index is 13.9. The van der Waals surface area contributed by atoms with Crippen LogP contribution >= 0.6 is 34.5 Å². The van der Waals surface area contributed by atoms with E-state index in [1.54, 1.807) is 37.5 Å². The lowest BCUT2D eigenvalue weighted by molar-refractivity contribution is -0.143. The number of allylic oxidation sites excluding steroid dienone is 1. The van der Waals surface area contributed by atoms with Gasteiger partial charge in [0, 0.05) is 27.1 Å². The van der Waals surface area contributed by atoms with E-state index >= 15 is 0 Å². The van der Waals surface area contributed by atoms with E-state index < -0.39 is 12.0 Å². The number of hydrogen-bond donors (Lipinski definition) is 0. The molecule has 0 saturated carbocycles. The van der Waals surface area contributed by atoms with Crippen molar-refractivity contribution in [3.8, 4) is 5.69 Å². The molecule has 0 amide bonds. The van der Waals surface area contributed by atoms with Crippen LogP contribution in [0.4, 0.5) is 0 Å². The fraction of sp³-hybridized carbons (Fsp3) is 0.233. The number of aryl methyl sites for hydroxylation is 1. The van der Waals surface area contributed by atoms with Crippen molar-refractivity contribution in [3.63, 3.8) is 0 Å². The molecule has 0 radical (unpaired) electrons. The van der Waals surface area contributed by atoms with Gasteiger partial charge in [-0.15, -0.1) is 0 Å². The minimum atomic E-state index is -0.689. The maximum Gasteiger partial charge on any atom is 0.338 e. The predicted octanol–water partition coefficient (Wildman–Crippen LogP) is 5.90. The van der Waals surface area contributed by atoms with E-state index in [4.69, 9.17) is 27.9 Å². The summed E-state index contributed by atoms with van der Waals surface area (Å²) in [6, 6.07) is 16.2. The Morgan fingerprint density at radius 2 is 1.77 bits per heavy atom. The normalized spacial score (nSPS) is 15.5. The van der Waals surface area contributed by atoms with Crippen LogP contribution < -0.4 is 14.9 Å². The molecule has 5 rings (SSSR count). The lowest BCUT2D eigenvalue weighted by Gasteiger charge is -2.25. The maximum absolute atomic E-state index is 13.9. The molecule has 200 valence electrons. The Labute approximate surface area is 240 Å². The van der Waals surface area contributed by atoms with Gasteiger partial charge >= 0.3 is 5.97 Å². The van der Waals surface area contributed by atoms with E-state index in [9.17, 15) is 9.59 Å². The molecule has 0 bridgehead atoms. The number of nitrogens with zero attached hydrogens (tertiary/aromatic N) is 3. The van der Waals surface area contributed by atoms with E-state index in [0.29, 0.717) is 30.6 Å². The molecule has 9 heteroatoms. The third kappa shape index (κ3) is 5.14. The molecule has 0 saturated heterocycles. The second kappa shape index (κ2) is 10.6. The lowest BCUT2D eigenvalue weighted by atomic mass is 9.96. The molecule has 1 atom stereocenters. The van der Waals surface area contributed by atoms with Gasteiger partial charge in [-0.3, -0.25) is 9.36 Å². The van der Waals surface area contributed by atoms with E-state index in [1.165, 1.54) is 11.3 Å². The van der Waals surface area contributed by atoms with Gasteiger partial charge in [-0.1, -0.05) is 52.7 Å². The molecule has 0 fully saturated rings. The SMILES string of the molecule is CC1=C(C(=O)OC(C)C)[C@H](c2ccc(Cl)cc2)n2c(s/c(=C/c3cc(C)n(-c4cccc(Cl)c4)c3C)c2=O)=N1. The minimum absolute atomic E-state index is 0.228. The van der Waals surface area contributed by atoms with Crippen molar-refractivity contribution in [2.75, 3.05) is 0 Å². The third-order valence-electron chi connectivity index (χ3n) is 6.59. The Kier molecular flexibility index (Phi) is 7.42. The van der Waals surface area contributed by atoms with Gasteiger partial charge in [0.2, 0.25) is 0 Å². The first-order valence-corrected chi connectivity index (χ1v) is 14.1. The van der Waals surface area contributed by atoms with Crippen LogP contribution in [0.5, 0.6) is 0 Å². The van der Waals surface area contributed by atoms with Gasteiger partial charge in [0.1, 0.15) is 0 Å². The summed E-state index contributed by atoms with van der Waals surface area (Å²) in [5, 5.41) is 1.22. The number of ether oxygens (including phenoxy) is 1. The fourth-order valence-corrected chi connectivity index (χ4v) is 6.26. The first-order valence-electron chi connectivity index (χ1n) is 12.5. The molecule has 1 aliphatic rings. The molecule has 0 N–H and O–H groups in total. The summed E-state index contributed by atoms with van der Waals surface area (Å²) < 4.78 is 9.77. The molecule has 6 nitrogen and oxygen atoms in total. The van der Waals surface area contributed by atoms with Crippen molar-refractivity contribution in [1.29, 1.82) is 0 Å². The molecule has 0 unspecified atom stereocenters. The quantitative estimate of drug-likeness (QED) is 0.276. The number of esters is 1. The van der Waals surface area contributed by atoms with E-state index in [0.717, 1.165) is 28.2 Å². The standard InChI is InChI=1S/C30H27Cl2N3O3S/c1-16(2)38-29(37)26-18(4)33-30-35(27(26)20-9-11-22(31)12-10-20)28(36)25(39-30)14-21-13-17(3)34(19(21)5)24-8-6-7-23(32)15-24/h6-16,27H,1-5H3/b25-14+/t27-/m0/s1. The van der Waals surface area contributed by atoms with Gasteiger partial charge in [0.25, 0.3) is 5.56 Å². The van der Waals surface area contributed by atoms with Crippen molar-refractivity contribution >= 4 is 46.6 Å². The van der Waals surface area contributed by atoms with E-state index in [1.807, 2.05) is 62.4 Å². The Bertz CT molecular complexity index is 1810. The van der Waals surface area contributed by atoms with Crippen LogP contribution in [0.15, 0.2) is 75.7 Å². The van der Waals surface area contributed by atoms with Crippen LogP contribution in [0.1, 0.15) is 49.3 Å². The zero-order valence-electron chi connectivity index (χ0n) is 22.2. The molecule has 2 aromatic heterocycles. The molecule has 39 heavy (non-hydrogen) atoms. The summed E-state index contributed by atoms with van der Waals surface area (Å²) >= 11 is 13.7. The smallest absolute Gasteiger partial charge is 0.338 e. The highest BCUT2D eigenvalue weighted by Gasteiger charge is 2.33. The Morgan fingerprint density at radius 1 is 1.05 bits per heavy atom. The molecular formula is C30H27Cl2N3O3S. The molecule has 4 aromatic rings. The van der Waals surface area contributed by atoms with Crippen molar-refractivity contribution in [3.05, 3.63) is 118 Å². The highest BCUT2D eigenvalue weighted by molar-refractivity contribution is 7.07. The molecule has 0 aliphatic carbocycles. The molecule has 1 aliphatic heterocycles. The first kappa shape index (κ1) is 27.2. The summed E-state index contributed by atoms with van der Waals surface area (Å²) in [5.41, 5.74) is 5.23. The van der Waals surface area contributed by atoms with Gasteiger partial charge in [-0.2, -0.15) is 0 Å². The number of thiazole rings is 1. The minimum Gasteiger partial charge on any atom is -0.459 e. The highest BCUT2D eigenvalue weighted by Crippen LogP contribution is 2.31. The third-order valence-corrected chi connectivity index (χ3v) is 8.06. The number of halogens is 2. The van der Waals surface area contributed by atoms with Crippen LogP contribution in [0, 0.1) is 13.8 Å². The molecule has 2 aromatic carbocycles. The summed E-state index contributed by atoms with van der Waals surface area (Å²) in [7, 11) is 0. The summed E-state index contributed by atoms with van der Waals surface area (Å²) in [6.07, 6.45) is 1.57. The Hall–Kier alpha value is -3.39. The van der Waals surface area contributed by atoms with Crippen molar-refractivity contribution < 1.29 is 9.53 Å². The van der Waals surface area contributed by atoms with Gasteiger partial charge in [0.05, 0.1) is 27.9 Å². The van der Waals surface area contributed by atoms with Crippen LogP contribution in [0.3, 0.4) is 0 Å². The second-order valence-electron chi connectivity index (χ2n) is 9.73. The number of hydrogen-bond acceptors (Lipinski definition) is 5. The monoisotopic (exact) mass is 579 g/mol. The Morgan fingerprint density at radius 3 is 2.44 bits per heavy atom. The van der Waals surface area contributed by atoms with Gasteiger partial charge in [-0.05, 0) is 88.2 Å². The number of rotatable bonds is 5. The fourth-order valence-electron chi connectivity index (χ4n) is 4.91. The van der Waals surface area contributed by atoms with Crippen LogP contribution in [-0.4, -0.2) is 21.2 Å². The van der Waals surface area contributed by atoms with E-state index in [2.05, 4.69) is 9.56 Å². The number of benzene rings is 2. The first-order chi connectivity index (χ1) is 18.5. The number of carbonyl (C=O) groups excluding carboxylic acids is 1. The van der Waals surface area contributed by atoms with E-state index in [-0.39, 0.29) is 11.7 Å². The zero-order chi connectivity index (χ0) is 28.0. The van der Waals surface area contributed by atoms with Gasteiger partial charge in [0.15, 0.2) is 4.80 Å². The average molecular weight is 581 g/mol. The number of aromatic nitrogens is 2. The van der Waals surface area contributed by atoms with Gasteiger partial charge in [-0.25, -0.2) is 9.79 Å². The summed E-state index contributed by atoms with van der Waals surface area (Å²) in [6.45, 7) is 9.39. The zero-order valence-corrected chi connectivity index (χ0v) is 24.5. The average Bonchev–Trinajstić information content (AvgIpc) is 3.32. The van der Waals surface area contributed by atoms with Gasteiger partial charge < -0.3 is 9.30 Å².